The van der Waals surface area contributed by atoms with Crippen LogP contribution >= 0.6 is 12.2 Å². The highest BCUT2D eigenvalue weighted by Crippen LogP contribution is 2.36. The summed E-state index contributed by atoms with van der Waals surface area (Å²) >= 11 is 5.26. The molecule has 4 N–H and O–H groups in total. The summed E-state index contributed by atoms with van der Waals surface area (Å²) in [4.78, 5) is 15.9. The number of nitrogens with one attached hydrogen (secondary N) is 2. The molecule has 1 aliphatic carbocycles. The molecule has 1 saturated carbocycles. The number of carbonyl (C=O) groups excluding carboxylic acids is 1. The number of carbonyl (C=O) groups is 1. The van der Waals surface area contributed by atoms with Crippen LogP contribution in [0.25, 0.3) is 0 Å². The molecule has 0 aromatic heterocycles. The van der Waals surface area contributed by atoms with Crippen LogP contribution in [0.3, 0.4) is 0 Å². The lowest BCUT2D eigenvalue weighted by Crippen LogP contribution is -2.57. The van der Waals surface area contributed by atoms with Crippen LogP contribution in [-0.4, -0.2) is 54.1 Å². The van der Waals surface area contributed by atoms with Crippen molar-refractivity contribution >= 4 is 23.1 Å². The summed E-state index contributed by atoms with van der Waals surface area (Å²) < 4.78 is 0. The number of nitrogens with two attached hydrogens (primary N) is 1. The first kappa shape index (κ1) is 23.6. The molecule has 2 atom stereocenters. The van der Waals surface area contributed by atoms with E-state index >= 15 is 0 Å². The van der Waals surface area contributed by atoms with E-state index in [2.05, 4.69) is 43.2 Å². The lowest BCUT2D eigenvalue weighted by Gasteiger charge is -2.37. The Bertz CT molecular complexity index is 513. The van der Waals surface area contributed by atoms with Crippen LogP contribution < -0.4 is 16.4 Å². The number of hydrogen-bond acceptors (Lipinski definition) is 4. The third-order valence-electron chi connectivity index (χ3n) is 6.38. The van der Waals surface area contributed by atoms with Gasteiger partial charge in [-0.2, -0.15) is 0 Å². The van der Waals surface area contributed by atoms with E-state index in [1.807, 2.05) is 0 Å². The van der Waals surface area contributed by atoms with E-state index in [9.17, 15) is 4.79 Å². The van der Waals surface area contributed by atoms with Gasteiger partial charge in [-0.05, 0) is 49.5 Å². The maximum Gasteiger partial charge on any atom is 0.245 e. The van der Waals surface area contributed by atoms with Crippen molar-refractivity contribution in [3.63, 3.8) is 0 Å². The highest BCUT2D eigenvalue weighted by Gasteiger charge is 2.39. The highest BCUT2D eigenvalue weighted by atomic mass is 32.1. The van der Waals surface area contributed by atoms with E-state index in [0.29, 0.717) is 11.0 Å². The number of amides is 1. The molecule has 2 aliphatic rings. The Balaban J connectivity index is 1.80. The Morgan fingerprint density at radius 3 is 2.57 bits per heavy atom. The van der Waals surface area contributed by atoms with Crippen molar-refractivity contribution < 1.29 is 4.79 Å². The van der Waals surface area contributed by atoms with Crippen LogP contribution in [-0.2, 0) is 4.79 Å². The van der Waals surface area contributed by atoms with E-state index in [1.54, 1.807) is 0 Å². The number of hydrogen-bond donors (Lipinski definition) is 3. The quantitative estimate of drug-likeness (QED) is 0.483. The Kier molecular flexibility index (Phi) is 9.16. The molecule has 0 spiro atoms. The van der Waals surface area contributed by atoms with Gasteiger partial charge in [0.1, 0.15) is 6.04 Å². The predicted octanol–water partition coefficient (Wildman–Crippen LogP) is 3.07. The molecule has 162 valence electrons. The first-order valence-corrected chi connectivity index (χ1v) is 11.7. The second-order valence-corrected chi connectivity index (χ2v) is 10.4. The topological polar surface area (TPSA) is 70.4 Å². The summed E-state index contributed by atoms with van der Waals surface area (Å²) in [6.45, 7) is 11.6. The number of rotatable bonds is 10. The van der Waals surface area contributed by atoms with Crippen LogP contribution in [0.4, 0.5) is 0 Å². The van der Waals surface area contributed by atoms with Crippen molar-refractivity contribution in [3.8, 4) is 0 Å². The molecule has 2 fully saturated rings. The third-order valence-corrected chi connectivity index (χ3v) is 6.66. The largest absolute Gasteiger partial charge is 0.367 e. The average molecular weight is 411 g/mol. The second kappa shape index (κ2) is 10.9. The molecule has 1 aliphatic heterocycles. The lowest BCUT2D eigenvalue weighted by atomic mass is 9.72. The fourth-order valence-electron chi connectivity index (χ4n) is 4.60. The summed E-state index contributed by atoms with van der Waals surface area (Å²) in [5.41, 5.74) is 5.44. The van der Waals surface area contributed by atoms with Gasteiger partial charge in [-0.1, -0.05) is 59.2 Å². The number of unbranched alkanes of at least 4 members (excludes halogenated alkanes) is 1. The second-order valence-electron chi connectivity index (χ2n) is 9.90. The molecule has 28 heavy (non-hydrogen) atoms. The van der Waals surface area contributed by atoms with Crippen molar-refractivity contribution in [1.82, 2.24) is 15.5 Å². The normalized spacial score (nSPS) is 26.0. The monoisotopic (exact) mass is 410 g/mol. The van der Waals surface area contributed by atoms with Crippen molar-refractivity contribution in [2.45, 2.75) is 84.7 Å². The average Bonchev–Trinajstić information content (AvgIpc) is 3.07. The van der Waals surface area contributed by atoms with Gasteiger partial charge in [0.05, 0.1) is 4.99 Å². The Morgan fingerprint density at radius 2 is 1.96 bits per heavy atom. The fourth-order valence-corrected chi connectivity index (χ4v) is 4.71. The molecule has 1 saturated heterocycles. The summed E-state index contributed by atoms with van der Waals surface area (Å²) in [5, 5.41) is 6.87. The fraction of sp³-hybridized carbons (Fsp3) is 0.909. The van der Waals surface area contributed by atoms with Crippen molar-refractivity contribution in [2.24, 2.45) is 23.0 Å². The van der Waals surface area contributed by atoms with E-state index in [1.165, 1.54) is 32.1 Å². The van der Waals surface area contributed by atoms with Gasteiger partial charge in [0, 0.05) is 25.7 Å². The zero-order chi connectivity index (χ0) is 20.7. The molecule has 0 aromatic carbocycles. The standard InChI is InChI=1S/C22H42N4OS/c1-5-6-8-16-11-17(12-16)14-24-15-18-9-7-10-26(18)21(27)20(22(2,3)4)25-19(28)13-23/h16-18,20,24H,5-15,23H2,1-4H3,(H,25,28)/t16?,17?,18-,20-/m1/s1. The first-order chi connectivity index (χ1) is 13.3. The summed E-state index contributed by atoms with van der Waals surface area (Å²) in [6, 6.07) is -0.0309. The van der Waals surface area contributed by atoms with Gasteiger partial charge in [0.15, 0.2) is 0 Å². The zero-order valence-electron chi connectivity index (χ0n) is 18.4. The van der Waals surface area contributed by atoms with Gasteiger partial charge >= 0.3 is 0 Å². The van der Waals surface area contributed by atoms with Gasteiger partial charge in [-0.3, -0.25) is 4.79 Å². The Morgan fingerprint density at radius 1 is 1.25 bits per heavy atom. The van der Waals surface area contributed by atoms with Gasteiger partial charge < -0.3 is 21.3 Å². The minimum Gasteiger partial charge on any atom is -0.367 e. The minimum absolute atomic E-state index is 0.163. The van der Waals surface area contributed by atoms with E-state index in [0.717, 1.165) is 44.3 Å². The van der Waals surface area contributed by atoms with Gasteiger partial charge in [-0.25, -0.2) is 0 Å². The molecule has 1 amide bonds. The van der Waals surface area contributed by atoms with Crippen LogP contribution in [0.1, 0.15) is 72.6 Å². The molecule has 0 aromatic rings. The summed E-state index contributed by atoms with van der Waals surface area (Å²) in [7, 11) is 0. The van der Waals surface area contributed by atoms with Crippen molar-refractivity contribution in [3.05, 3.63) is 0 Å². The number of thiocarbonyl (C=S) groups is 1. The zero-order valence-corrected chi connectivity index (χ0v) is 19.2. The molecule has 0 radical (unpaired) electrons. The SMILES string of the molecule is CCCCC1CC(CNC[C@H]2CCCN2C(=O)[C@@H](NC(=S)CN)C(C)(C)C)C1. The van der Waals surface area contributed by atoms with Gasteiger partial charge in [0.25, 0.3) is 0 Å². The third kappa shape index (κ3) is 6.67. The van der Waals surface area contributed by atoms with E-state index < -0.39 is 0 Å². The maximum atomic E-state index is 13.3. The predicted molar refractivity (Wildman–Crippen MR) is 121 cm³/mol. The molecule has 1 heterocycles. The van der Waals surface area contributed by atoms with Crippen LogP contribution in [0, 0.1) is 17.3 Å². The molecule has 2 rings (SSSR count). The molecular formula is C22H42N4OS. The van der Waals surface area contributed by atoms with Crippen molar-refractivity contribution in [1.29, 1.82) is 0 Å². The summed E-state index contributed by atoms with van der Waals surface area (Å²) in [5.74, 6) is 1.95. The van der Waals surface area contributed by atoms with E-state index in [4.69, 9.17) is 18.0 Å². The lowest BCUT2D eigenvalue weighted by molar-refractivity contribution is -0.136. The van der Waals surface area contributed by atoms with Crippen LogP contribution in [0.5, 0.6) is 0 Å². The van der Waals surface area contributed by atoms with Crippen molar-refractivity contribution in [2.75, 3.05) is 26.2 Å². The number of nitrogens with zero attached hydrogens (tertiary/aromatic N) is 1. The molecular weight excluding hydrogens is 368 g/mol. The summed E-state index contributed by atoms with van der Waals surface area (Å²) in [6.07, 6.45) is 9.02. The highest BCUT2D eigenvalue weighted by molar-refractivity contribution is 7.80. The van der Waals surface area contributed by atoms with Gasteiger partial charge in [-0.15, -0.1) is 0 Å². The van der Waals surface area contributed by atoms with Gasteiger partial charge in [0.2, 0.25) is 5.91 Å². The Labute approximate surface area is 177 Å². The molecule has 6 heteroatoms. The molecule has 5 nitrogen and oxygen atoms in total. The first-order valence-electron chi connectivity index (χ1n) is 11.3. The van der Waals surface area contributed by atoms with Crippen LogP contribution in [0.15, 0.2) is 0 Å². The molecule has 0 unspecified atom stereocenters. The minimum atomic E-state index is -0.324. The van der Waals surface area contributed by atoms with E-state index in [-0.39, 0.29) is 23.9 Å². The smallest absolute Gasteiger partial charge is 0.245 e. The number of likely N-dealkylation sites (tertiary alicyclic amines) is 1. The maximum absolute atomic E-state index is 13.3. The molecule has 0 bridgehead atoms. The van der Waals surface area contributed by atoms with Crippen LogP contribution in [0.2, 0.25) is 0 Å². The Hall–Kier alpha value is -0.720.